The number of halogens is 4. The predicted molar refractivity (Wildman–Crippen MR) is 134 cm³/mol. The largest absolute Gasteiger partial charge is 0.357 e. The molecule has 0 heterocycles. The van der Waals surface area contributed by atoms with Crippen LogP contribution in [0.3, 0.4) is 0 Å². The molecule has 12 heteroatoms. The summed E-state index contributed by atoms with van der Waals surface area (Å²) < 4.78 is 26.0. The summed E-state index contributed by atoms with van der Waals surface area (Å²) in [5, 5.41) is 3.52. The Hall–Kier alpha value is -1.71. The number of sulfonamides is 1. The van der Waals surface area contributed by atoms with Crippen LogP contribution in [-0.4, -0.2) is 51.0 Å². The van der Waals surface area contributed by atoms with E-state index in [-0.39, 0.29) is 23.7 Å². The van der Waals surface area contributed by atoms with Crippen LogP contribution in [0.1, 0.15) is 18.9 Å². The summed E-state index contributed by atoms with van der Waals surface area (Å²) in [5.41, 5.74) is 0.521. The molecule has 1 atom stereocenters. The Morgan fingerprint density at radius 1 is 1.03 bits per heavy atom. The minimum absolute atomic E-state index is 0.0553. The van der Waals surface area contributed by atoms with Crippen LogP contribution in [0.25, 0.3) is 0 Å². The smallest absolute Gasteiger partial charge is 0.244 e. The normalized spacial score (nSPS) is 12.2. The number of benzene rings is 2. The maximum absolute atomic E-state index is 13.5. The Kier molecular flexibility index (Phi) is 9.70. The van der Waals surface area contributed by atoms with Gasteiger partial charge in [-0.25, -0.2) is 8.42 Å². The fourth-order valence-electron chi connectivity index (χ4n) is 3.22. The number of rotatable bonds is 9. The van der Waals surface area contributed by atoms with Crippen LogP contribution in [0.4, 0.5) is 5.69 Å². The van der Waals surface area contributed by atoms with Crippen LogP contribution in [-0.2, 0) is 26.2 Å². The van der Waals surface area contributed by atoms with Gasteiger partial charge in [-0.3, -0.25) is 13.9 Å². The highest BCUT2D eigenvalue weighted by molar-refractivity contribution is 7.92. The zero-order valence-electron chi connectivity index (χ0n) is 18.1. The van der Waals surface area contributed by atoms with Crippen molar-refractivity contribution in [1.82, 2.24) is 10.2 Å². The second-order valence-corrected chi connectivity index (χ2v) is 10.7. The molecule has 0 aliphatic heterocycles. The van der Waals surface area contributed by atoms with E-state index in [9.17, 15) is 18.0 Å². The number of carbonyl (C=O) groups excluding carboxylic acids is 2. The van der Waals surface area contributed by atoms with E-state index in [1.807, 2.05) is 0 Å². The second-order valence-electron chi connectivity index (χ2n) is 7.13. The molecule has 180 valence electrons. The first kappa shape index (κ1) is 27.5. The summed E-state index contributed by atoms with van der Waals surface area (Å²) in [5.74, 6) is -1.05. The number of likely N-dealkylation sites (N-methyl/N-ethyl adjacent to an activating group) is 1. The summed E-state index contributed by atoms with van der Waals surface area (Å²) in [7, 11) is -2.47. The van der Waals surface area contributed by atoms with Crippen LogP contribution in [0, 0.1) is 0 Å². The van der Waals surface area contributed by atoms with Gasteiger partial charge in [0.05, 0.1) is 17.0 Å². The highest BCUT2D eigenvalue weighted by Crippen LogP contribution is 2.31. The lowest BCUT2D eigenvalue weighted by Gasteiger charge is -2.33. The standard InChI is InChI=1S/C21H23Cl4N3O4S/c1-4-18(21(30)26-2)27(11-14-15(23)6-5-7-16(14)24)20(29)12-28(33(3,31)32)19-9-8-13(22)10-17(19)25/h5-10,18H,4,11-12H2,1-3H3,(H,26,30). The average Bonchev–Trinajstić information content (AvgIpc) is 2.73. The lowest BCUT2D eigenvalue weighted by atomic mass is 10.1. The summed E-state index contributed by atoms with van der Waals surface area (Å²) in [6.07, 6.45) is 1.23. The van der Waals surface area contributed by atoms with Crippen LogP contribution in [0.15, 0.2) is 36.4 Å². The minimum atomic E-state index is -3.92. The first-order chi connectivity index (χ1) is 15.4. The van der Waals surface area contributed by atoms with Crippen molar-refractivity contribution in [1.29, 1.82) is 0 Å². The van der Waals surface area contributed by atoms with Crippen molar-refractivity contribution in [2.75, 3.05) is 24.2 Å². The number of hydrogen-bond acceptors (Lipinski definition) is 4. The third-order valence-corrected chi connectivity index (χ3v) is 7.25. The van der Waals surface area contributed by atoms with E-state index in [1.165, 1.54) is 30.1 Å². The van der Waals surface area contributed by atoms with Gasteiger partial charge in [-0.15, -0.1) is 0 Å². The fourth-order valence-corrected chi connectivity index (χ4v) is 5.16. The van der Waals surface area contributed by atoms with Crippen molar-refractivity contribution in [2.24, 2.45) is 0 Å². The Labute approximate surface area is 213 Å². The van der Waals surface area contributed by atoms with E-state index in [0.29, 0.717) is 20.6 Å². The Morgan fingerprint density at radius 3 is 2.12 bits per heavy atom. The van der Waals surface area contributed by atoms with Crippen molar-refractivity contribution >= 4 is 73.9 Å². The third kappa shape index (κ3) is 6.90. The molecule has 0 spiro atoms. The lowest BCUT2D eigenvalue weighted by molar-refractivity contribution is -0.140. The van der Waals surface area contributed by atoms with E-state index in [4.69, 9.17) is 46.4 Å². The van der Waals surface area contributed by atoms with Gasteiger partial charge in [0, 0.05) is 34.2 Å². The molecule has 33 heavy (non-hydrogen) atoms. The molecular formula is C21H23Cl4N3O4S. The molecule has 0 bridgehead atoms. The molecule has 0 aliphatic rings. The summed E-state index contributed by atoms with van der Waals surface area (Å²) in [6, 6.07) is 8.24. The fraction of sp³-hybridized carbons (Fsp3) is 0.333. The molecule has 0 radical (unpaired) electrons. The highest BCUT2D eigenvalue weighted by Gasteiger charge is 2.32. The molecule has 1 unspecified atom stereocenters. The second kappa shape index (κ2) is 11.6. The number of nitrogens with zero attached hydrogens (tertiary/aromatic N) is 2. The van der Waals surface area contributed by atoms with Gasteiger partial charge in [0.25, 0.3) is 0 Å². The maximum Gasteiger partial charge on any atom is 0.244 e. The van der Waals surface area contributed by atoms with E-state index in [2.05, 4.69) is 5.32 Å². The predicted octanol–water partition coefficient (Wildman–Crippen LogP) is 4.62. The lowest BCUT2D eigenvalue weighted by Crippen LogP contribution is -2.51. The van der Waals surface area contributed by atoms with Gasteiger partial charge in [0.1, 0.15) is 12.6 Å². The quantitative estimate of drug-likeness (QED) is 0.490. The van der Waals surface area contributed by atoms with E-state index >= 15 is 0 Å². The molecule has 0 aromatic heterocycles. The average molecular weight is 555 g/mol. The van der Waals surface area contributed by atoms with E-state index in [0.717, 1.165) is 10.6 Å². The van der Waals surface area contributed by atoms with E-state index in [1.54, 1.807) is 25.1 Å². The molecule has 2 aromatic rings. The van der Waals surface area contributed by atoms with Gasteiger partial charge in [-0.1, -0.05) is 59.4 Å². The monoisotopic (exact) mass is 553 g/mol. The molecule has 0 fully saturated rings. The number of anilines is 1. The maximum atomic E-state index is 13.5. The first-order valence-corrected chi connectivity index (χ1v) is 13.1. The molecule has 0 saturated heterocycles. The van der Waals surface area contributed by atoms with Crippen LogP contribution in [0.5, 0.6) is 0 Å². The number of amides is 2. The molecule has 1 N–H and O–H groups in total. The molecule has 2 aromatic carbocycles. The number of carbonyl (C=O) groups is 2. The third-order valence-electron chi connectivity index (χ3n) is 4.88. The molecule has 2 amide bonds. The van der Waals surface area contributed by atoms with Gasteiger partial charge < -0.3 is 10.2 Å². The summed E-state index contributed by atoms with van der Waals surface area (Å²) in [4.78, 5) is 27.3. The van der Waals surface area contributed by atoms with Gasteiger partial charge >= 0.3 is 0 Å². The Morgan fingerprint density at radius 2 is 1.64 bits per heavy atom. The Balaban J connectivity index is 2.52. The first-order valence-electron chi connectivity index (χ1n) is 9.77. The molecule has 2 rings (SSSR count). The van der Waals surface area contributed by atoms with Gasteiger partial charge in [-0.05, 0) is 36.8 Å². The van der Waals surface area contributed by atoms with Crippen LogP contribution >= 0.6 is 46.4 Å². The minimum Gasteiger partial charge on any atom is -0.357 e. The number of hydrogen-bond donors (Lipinski definition) is 1. The Bertz CT molecular complexity index is 1120. The van der Waals surface area contributed by atoms with Crippen LogP contribution in [0.2, 0.25) is 20.1 Å². The molecule has 0 saturated carbocycles. The van der Waals surface area contributed by atoms with Gasteiger partial charge in [-0.2, -0.15) is 0 Å². The summed E-state index contributed by atoms with van der Waals surface area (Å²) in [6.45, 7) is 1.03. The van der Waals surface area contributed by atoms with Gasteiger partial charge in [0.15, 0.2) is 0 Å². The molecule has 0 aliphatic carbocycles. The van der Waals surface area contributed by atoms with E-state index < -0.39 is 34.4 Å². The van der Waals surface area contributed by atoms with Crippen molar-refractivity contribution in [3.63, 3.8) is 0 Å². The topological polar surface area (TPSA) is 86.8 Å². The zero-order valence-corrected chi connectivity index (χ0v) is 22.0. The number of nitrogens with one attached hydrogen (secondary N) is 1. The van der Waals surface area contributed by atoms with Crippen molar-refractivity contribution < 1.29 is 18.0 Å². The van der Waals surface area contributed by atoms with Crippen molar-refractivity contribution in [3.05, 3.63) is 62.1 Å². The van der Waals surface area contributed by atoms with Crippen molar-refractivity contribution in [2.45, 2.75) is 25.9 Å². The SMILES string of the molecule is CCC(C(=O)NC)N(Cc1c(Cl)cccc1Cl)C(=O)CN(c1ccc(Cl)cc1Cl)S(C)(=O)=O. The van der Waals surface area contributed by atoms with Crippen molar-refractivity contribution in [3.8, 4) is 0 Å². The highest BCUT2D eigenvalue weighted by atomic mass is 35.5. The summed E-state index contributed by atoms with van der Waals surface area (Å²) >= 11 is 24.7. The zero-order chi connectivity index (χ0) is 24.9. The van der Waals surface area contributed by atoms with Crippen LogP contribution < -0.4 is 9.62 Å². The molecule has 7 nitrogen and oxygen atoms in total. The molecular weight excluding hydrogens is 532 g/mol. The van der Waals surface area contributed by atoms with Gasteiger partial charge in [0.2, 0.25) is 21.8 Å².